The molecule has 0 radical (unpaired) electrons. The molecule has 1 N–H and O–H groups in total. The van der Waals surface area contributed by atoms with E-state index in [2.05, 4.69) is 91.7 Å². The minimum absolute atomic E-state index is 0.0101. The van der Waals surface area contributed by atoms with Crippen LogP contribution in [0.4, 0.5) is 0 Å². The first-order valence-electron chi connectivity index (χ1n) is 43.2. The monoisotopic (exact) mass is 1500 g/mol. The Morgan fingerprint density at radius 2 is 0.734 bits per heavy atom. The normalized spacial score (nSPS) is 16.7. The van der Waals surface area contributed by atoms with E-state index in [9.17, 15) is 0 Å². The Morgan fingerprint density at radius 3 is 1.16 bits per heavy atom. The van der Waals surface area contributed by atoms with Crippen LogP contribution in [-0.4, -0.2) is 107 Å². The smallest absolute Gasteiger partial charge is 0.220 e. The first kappa shape index (κ1) is 90.2. The highest BCUT2D eigenvalue weighted by molar-refractivity contribution is 5.76. The van der Waals surface area contributed by atoms with Gasteiger partial charge in [0, 0.05) is 6.42 Å². The van der Waals surface area contributed by atoms with Gasteiger partial charge in [0.15, 0.2) is 6.29 Å². The van der Waals surface area contributed by atoms with Gasteiger partial charge in [0.05, 0.1) is 79.2 Å². The molecule has 8 atom stereocenters. The van der Waals surface area contributed by atoms with Gasteiger partial charge >= 0.3 is 0 Å². The molecule has 0 unspecified atom stereocenters. The summed E-state index contributed by atoms with van der Waals surface area (Å²) in [6, 6.07) is 56.2. The maximum Gasteiger partial charge on any atom is 0.220 e. The van der Waals surface area contributed by atoms with Crippen molar-refractivity contribution in [2.24, 2.45) is 0 Å². The molecule has 0 bridgehead atoms. The van der Waals surface area contributed by atoms with Gasteiger partial charge in [0.2, 0.25) is 5.91 Å². The van der Waals surface area contributed by atoms with Crippen molar-refractivity contribution in [2.75, 3.05) is 47.1 Å². The highest BCUT2D eigenvalue weighted by Crippen LogP contribution is 2.34. The molecule has 1 amide bonds. The standard InChI is InChI=1S/C96H144N2O11/c1-6-9-12-15-18-19-20-21-22-24-29-46-59-89(103-73-84-61-65-86(100-4)66-62-84)92(104-77-85-63-67-87(101-5)68-64-85)88(97-91(99)60-47-30-25-23-28-33-50-71-98(69-48-31-26-16-13-10-7-2)70-49-32-27-17-14-11-8-3)78-108-96-95(107-76-83-57-44-37-45-58-83)94(106-75-82-55-42-36-43-56-82)93(105-74-81-53-40-35-41-54-81)90(109-96)79-102-72-80-51-38-34-39-52-80/h34-45,51-58,61-68,88-90,92-96H,6-33,46-50,59-60,69-79H2,1-5H3,(H,97,99)/t88-,89+,90+,92-,93-,94-,95+,96-/m0/s1. The number of unbranched alkanes of at least 4 members (excludes halogenated alkanes) is 29. The van der Waals surface area contributed by atoms with E-state index in [-0.39, 0.29) is 38.9 Å². The molecule has 604 valence electrons. The molecular formula is C96H144N2O11. The summed E-state index contributed by atoms with van der Waals surface area (Å²) >= 11 is 0. The molecule has 7 rings (SSSR count). The number of ether oxygens (including phenoxy) is 10. The fourth-order valence-corrected chi connectivity index (χ4v) is 14.9. The second kappa shape index (κ2) is 58.8. The second-order valence-corrected chi connectivity index (χ2v) is 30.6. The predicted octanol–water partition coefficient (Wildman–Crippen LogP) is 23.4. The lowest BCUT2D eigenvalue weighted by molar-refractivity contribution is -0.330. The molecule has 13 nitrogen and oxygen atoms in total. The number of rotatable bonds is 66. The Morgan fingerprint density at radius 1 is 0.376 bits per heavy atom. The summed E-state index contributed by atoms with van der Waals surface area (Å²) < 4.78 is 68.7. The topological polar surface area (TPSA) is 125 Å². The molecule has 109 heavy (non-hydrogen) atoms. The molecule has 0 aromatic heterocycles. The molecule has 0 aliphatic carbocycles. The predicted molar refractivity (Wildman–Crippen MR) is 446 cm³/mol. The average molecular weight is 1500 g/mol. The summed E-state index contributed by atoms with van der Waals surface area (Å²) in [7, 11) is 3.37. The van der Waals surface area contributed by atoms with E-state index in [4.69, 9.17) is 47.4 Å². The first-order chi connectivity index (χ1) is 53.9. The molecular weight excluding hydrogens is 1360 g/mol. The van der Waals surface area contributed by atoms with Crippen molar-refractivity contribution in [1.82, 2.24) is 10.2 Å². The number of nitrogens with zero attached hydrogens (tertiary/aromatic N) is 1. The summed E-state index contributed by atoms with van der Waals surface area (Å²) in [5.74, 6) is 1.48. The van der Waals surface area contributed by atoms with Gasteiger partial charge in [0.1, 0.15) is 42.0 Å². The number of carbonyl (C=O) groups excluding carboxylic acids is 1. The highest BCUT2D eigenvalue weighted by Gasteiger charge is 2.50. The zero-order valence-electron chi connectivity index (χ0n) is 68.2. The van der Waals surface area contributed by atoms with Gasteiger partial charge in [0.25, 0.3) is 0 Å². The molecule has 1 fully saturated rings. The van der Waals surface area contributed by atoms with Crippen molar-refractivity contribution in [3.05, 3.63) is 203 Å². The molecule has 6 aromatic rings. The third-order valence-corrected chi connectivity index (χ3v) is 21.5. The van der Waals surface area contributed by atoms with Crippen molar-refractivity contribution in [2.45, 2.75) is 334 Å². The van der Waals surface area contributed by atoms with Gasteiger partial charge in [-0.2, -0.15) is 0 Å². The number of hydrogen-bond donors (Lipinski definition) is 1. The zero-order chi connectivity index (χ0) is 76.5. The van der Waals surface area contributed by atoms with Gasteiger partial charge in [-0.05, 0) is 109 Å². The van der Waals surface area contributed by atoms with Gasteiger partial charge < -0.3 is 57.6 Å². The van der Waals surface area contributed by atoms with Crippen molar-refractivity contribution in [3.63, 3.8) is 0 Å². The van der Waals surface area contributed by atoms with Crippen LogP contribution in [-0.2, 0) is 82.3 Å². The van der Waals surface area contributed by atoms with E-state index < -0.39 is 49.0 Å². The van der Waals surface area contributed by atoms with Crippen LogP contribution in [0.2, 0.25) is 0 Å². The van der Waals surface area contributed by atoms with Crippen molar-refractivity contribution in [3.8, 4) is 11.5 Å². The molecule has 1 aliphatic rings. The fourth-order valence-electron chi connectivity index (χ4n) is 14.9. The second-order valence-electron chi connectivity index (χ2n) is 30.6. The van der Waals surface area contributed by atoms with Crippen LogP contribution in [0.25, 0.3) is 0 Å². The van der Waals surface area contributed by atoms with Crippen LogP contribution in [0.15, 0.2) is 170 Å². The van der Waals surface area contributed by atoms with Gasteiger partial charge in [-0.15, -0.1) is 0 Å². The van der Waals surface area contributed by atoms with Crippen molar-refractivity contribution in [1.29, 1.82) is 0 Å². The van der Waals surface area contributed by atoms with Crippen molar-refractivity contribution >= 4 is 5.91 Å². The third kappa shape index (κ3) is 38.9. The summed E-state index contributed by atoms with van der Waals surface area (Å²) in [4.78, 5) is 17.9. The molecule has 0 spiro atoms. The van der Waals surface area contributed by atoms with Gasteiger partial charge in [-0.25, -0.2) is 0 Å². The number of carbonyl (C=O) groups is 1. The largest absolute Gasteiger partial charge is 0.497 e. The van der Waals surface area contributed by atoms with E-state index in [1.165, 1.54) is 193 Å². The van der Waals surface area contributed by atoms with E-state index >= 15 is 4.79 Å². The Balaban J connectivity index is 1.16. The van der Waals surface area contributed by atoms with Crippen LogP contribution in [0.3, 0.4) is 0 Å². The van der Waals surface area contributed by atoms with Crippen LogP contribution in [0.1, 0.15) is 279 Å². The van der Waals surface area contributed by atoms with Crippen LogP contribution in [0, 0.1) is 0 Å². The van der Waals surface area contributed by atoms with Gasteiger partial charge in [-0.3, -0.25) is 4.79 Å². The number of nitrogens with one attached hydrogen (secondary N) is 1. The lowest BCUT2D eigenvalue weighted by atomic mass is 9.97. The number of hydrogen-bond acceptors (Lipinski definition) is 12. The molecule has 13 heteroatoms. The summed E-state index contributed by atoms with van der Waals surface area (Å²) in [5.41, 5.74) is 6.00. The Hall–Kier alpha value is -5.97. The van der Waals surface area contributed by atoms with Crippen molar-refractivity contribution < 1.29 is 52.2 Å². The number of benzene rings is 6. The van der Waals surface area contributed by atoms with E-state index in [1.807, 2.05) is 109 Å². The fraction of sp³-hybridized carbons (Fsp3) is 0.615. The SMILES string of the molecule is CCCCCCCCCCCCCC[C@@H](OCc1ccc(OC)cc1)[C@@H](OCc1ccc(OC)cc1)[C@H](CO[C@H]1O[C@H](COCc2ccccc2)[C@H](OCc2ccccc2)[C@H](OCc2ccccc2)[C@H]1OCc1ccccc1)NC(=O)CCCCCCCCCN(CCCCCCCCC)CCCCCCCCC. The Bertz CT molecular complexity index is 3070. The van der Waals surface area contributed by atoms with Crippen LogP contribution in [0.5, 0.6) is 11.5 Å². The quantitative estimate of drug-likeness (QED) is 0.0366. The first-order valence-corrected chi connectivity index (χ1v) is 43.2. The minimum atomic E-state index is -1.04. The molecule has 6 aromatic carbocycles. The Labute approximate surface area is 660 Å². The lowest BCUT2D eigenvalue weighted by Crippen LogP contribution is -2.62. The maximum atomic E-state index is 15.1. The van der Waals surface area contributed by atoms with Crippen LogP contribution < -0.4 is 14.8 Å². The maximum absolute atomic E-state index is 15.1. The number of amides is 1. The molecule has 0 saturated carbocycles. The summed E-state index contributed by atoms with van der Waals surface area (Å²) in [6.45, 7) is 12.5. The van der Waals surface area contributed by atoms with E-state index in [0.717, 1.165) is 83.4 Å². The highest BCUT2D eigenvalue weighted by atomic mass is 16.7. The summed E-state index contributed by atoms with van der Waals surface area (Å²) in [5, 5.41) is 3.59. The number of methoxy groups -OCH3 is 2. The molecule has 1 saturated heterocycles. The molecule has 1 heterocycles. The minimum Gasteiger partial charge on any atom is -0.497 e. The van der Waals surface area contributed by atoms with Crippen LogP contribution >= 0.6 is 0 Å². The third-order valence-electron chi connectivity index (χ3n) is 21.5. The van der Waals surface area contributed by atoms with E-state index in [0.29, 0.717) is 32.7 Å². The summed E-state index contributed by atoms with van der Waals surface area (Å²) in [6.07, 6.45) is 37.4. The average Bonchev–Trinajstić information content (AvgIpc) is 0.770. The lowest BCUT2D eigenvalue weighted by Gasteiger charge is -2.46. The Kier molecular flexibility index (Phi) is 48.7. The van der Waals surface area contributed by atoms with Gasteiger partial charge in [-0.1, -0.05) is 353 Å². The van der Waals surface area contributed by atoms with E-state index in [1.54, 1.807) is 14.2 Å². The molecule has 1 aliphatic heterocycles. The zero-order valence-corrected chi connectivity index (χ0v) is 68.2.